The fourth-order valence-corrected chi connectivity index (χ4v) is 3.34. The highest BCUT2D eigenvalue weighted by Gasteiger charge is 2.25. The van der Waals surface area contributed by atoms with Crippen LogP contribution in [0, 0.1) is 5.92 Å². The van der Waals surface area contributed by atoms with Gasteiger partial charge in [0.2, 0.25) is 0 Å². The van der Waals surface area contributed by atoms with Gasteiger partial charge in [0.05, 0.1) is 6.61 Å². The minimum atomic E-state index is -0.0558. The van der Waals surface area contributed by atoms with Gasteiger partial charge in [0.25, 0.3) is 5.91 Å². The molecule has 7 heteroatoms. The van der Waals surface area contributed by atoms with Crippen LogP contribution in [0.25, 0.3) is 0 Å². The molecule has 1 saturated carbocycles. The van der Waals surface area contributed by atoms with Gasteiger partial charge in [0.15, 0.2) is 5.69 Å². The van der Waals surface area contributed by atoms with E-state index >= 15 is 0 Å². The molecule has 0 spiro atoms. The summed E-state index contributed by atoms with van der Waals surface area (Å²) >= 11 is 1.20. The normalized spacial score (nSPS) is 17.1. The summed E-state index contributed by atoms with van der Waals surface area (Å²) < 4.78 is 9.57. The third-order valence-electron chi connectivity index (χ3n) is 4.40. The molecule has 0 bridgehead atoms. The Bertz CT molecular complexity index is 700. The van der Waals surface area contributed by atoms with Crippen LogP contribution in [0.1, 0.15) is 40.0 Å². The summed E-state index contributed by atoms with van der Waals surface area (Å²) in [6.07, 6.45) is 7.19. The predicted octanol–water partition coefficient (Wildman–Crippen LogP) is 2.06. The van der Waals surface area contributed by atoms with Crippen LogP contribution in [-0.4, -0.2) is 38.5 Å². The Kier molecular flexibility index (Phi) is 4.05. The second-order valence-corrected chi connectivity index (χ2v) is 6.77. The number of amides is 1. The van der Waals surface area contributed by atoms with E-state index in [1.165, 1.54) is 29.9 Å². The number of hydrogen-bond acceptors (Lipinski definition) is 6. The molecule has 1 fully saturated rings. The fourth-order valence-electron chi connectivity index (χ4n) is 2.91. The monoisotopic (exact) mass is 330 g/mol. The Balaban J connectivity index is 1.45. The third-order valence-corrected chi connectivity index (χ3v) is 4.91. The number of rotatable bonds is 5. The quantitative estimate of drug-likeness (QED) is 0.839. The van der Waals surface area contributed by atoms with Crippen molar-refractivity contribution in [2.75, 3.05) is 13.2 Å². The smallest absolute Gasteiger partial charge is 0.275 e. The molecule has 2 aromatic rings. The van der Waals surface area contributed by atoms with Crippen molar-refractivity contribution in [2.24, 2.45) is 5.92 Å². The molecule has 4 rings (SSSR count). The molecule has 0 atom stereocenters. The van der Waals surface area contributed by atoms with Gasteiger partial charge < -0.3 is 9.64 Å². The molecule has 6 nitrogen and oxygen atoms in total. The maximum atomic E-state index is 12.4. The average molecular weight is 330 g/mol. The van der Waals surface area contributed by atoms with E-state index in [0.29, 0.717) is 25.4 Å². The first-order valence-electron chi connectivity index (χ1n) is 7.90. The number of ether oxygens (including phenoxy) is 1. The first-order valence-corrected chi connectivity index (χ1v) is 8.73. The molecule has 1 aliphatic heterocycles. The van der Waals surface area contributed by atoms with E-state index in [1.807, 2.05) is 17.3 Å². The molecule has 1 aliphatic carbocycles. The van der Waals surface area contributed by atoms with E-state index in [-0.39, 0.29) is 5.91 Å². The molecule has 1 amide bonds. The van der Waals surface area contributed by atoms with Gasteiger partial charge in [0.1, 0.15) is 0 Å². The number of fused-ring (bicyclic) bond motifs is 1. The van der Waals surface area contributed by atoms with Crippen molar-refractivity contribution in [1.82, 2.24) is 19.5 Å². The Morgan fingerprint density at radius 2 is 2.30 bits per heavy atom. The van der Waals surface area contributed by atoms with Crippen LogP contribution >= 0.6 is 11.5 Å². The highest BCUT2D eigenvalue weighted by molar-refractivity contribution is 7.03. The molecule has 0 saturated heterocycles. The standard InChI is InChI=1S/C16H18N4O2S/c21-16(15-10-23-19-18-15)20-4-3-14-12(7-20)5-17-6-13(14)9-22-8-11-1-2-11/h5-6,10-11H,1-4,7-9H2. The molecule has 3 heterocycles. The zero-order valence-electron chi connectivity index (χ0n) is 12.8. The lowest BCUT2D eigenvalue weighted by atomic mass is 9.97. The Hall–Kier alpha value is -1.86. The number of aromatic nitrogens is 3. The Morgan fingerprint density at radius 3 is 3.09 bits per heavy atom. The van der Waals surface area contributed by atoms with Gasteiger partial charge in [0, 0.05) is 37.5 Å². The summed E-state index contributed by atoms with van der Waals surface area (Å²) in [6, 6.07) is 0. The topological polar surface area (TPSA) is 68.2 Å². The van der Waals surface area contributed by atoms with Crippen LogP contribution in [0.4, 0.5) is 0 Å². The molecule has 120 valence electrons. The third kappa shape index (κ3) is 3.25. The van der Waals surface area contributed by atoms with Crippen molar-refractivity contribution in [1.29, 1.82) is 0 Å². The molecule has 0 radical (unpaired) electrons. The average Bonchev–Trinajstić information content (AvgIpc) is 3.24. The molecular weight excluding hydrogens is 312 g/mol. The summed E-state index contributed by atoms with van der Waals surface area (Å²) in [6.45, 7) is 2.75. The number of pyridine rings is 1. The van der Waals surface area contributed by atoms with Crippen LogP contribution in [0.15, 0.2) is 17.8 Å². The maximum absolute atomic E-state index is 12.4. The summed E-state index contributed by atoms with van der Waals surface area (Å²) in [5.41, 5.74) is 3.98. The van der Waals surface area contributed by atoms with Gasteiger partial charge in [-0.1, -0.05) is 4.49 Å². The lowest BCUT2D eigenvalue weighted by molar-refractivity contribution is 0.0726. The van der Waals surface area contributed by atoms with Crippen LogP contribution in [0.3, 0.4) is 0 Å². The van der Waals surface area contributed by atoms with Crippen molar-refractivity contribution in [3.05, 3.63) is 40.2 Å². The number of carbonyl (C=O) groups excluding carboxylic acids is 1. The molecule has 0 unspecified atom stereocenters. The van der Waals surface area contributed by atoms with Crippen LogP contribution in [-0.2, 0) is 24.3 Å². The number of carbonyl (C=O) groups is 1. The SMILES string of the molecule is O=C(c1csnn1)N1CCc2c(COCC3CC3)cncc2C1. The first kappa shape index (κ1) is 14.7. The largest absolute Gasteiger partial charge is 0.376 e. The molecule has 2 aliphatic rings. The van der Waals surface area contributed by atoms with Crippen LogP contribution in [0.2, 0.25) is 0 Å². The number of nitrogens with zero attached hydrogens (tertiary/aromatic N) is 4. The first-order chi connectivity index (χ1) is 11.3. The van der Waals surface area contributed by atoms with Gasteiger partial charge in [-0.05, 0) is 53.4 Å². The fraction of sp³-hybridized carbons (Fsp3) is 0.500. The van der Waals surface area contributed by atoms with Crippen molar-refractivity contribution < 1.29 is 9.53 Å². The van der Waals surface area contributed by atoms with E-state index in [2.05, 4.69) is 14.6 Å². The zero-order valence-corrected chi connectivity index (χ0v) is 13.6. The Morgan fingerprint density at radius 1 is 1.39 bits per heavy atom. The number of hydrogen-bond donors (Lipinski definition) is 0. The summed E-state index contributed by atoms with van der Waals surface area (Å²) in [7, 11) is 0. The van der Waals surface area contributed by atoms with E-state index in [0.717, 1.165) is 30.1 Å². The van der Waals surface area contributed by atoms with Gasteiger partial charge in [-0.2, -0.15) is 0 Å². The lowest BCUT2D eigenvalue weighted by Crippen LogP contribution is -2.36. The summed E-state index contributed by atoms with van der Waals surface area (Å²) in [5, 5.41) is 5.56. The van der Waals surface area contributed by atoms with Gasteiger partial charge in [-0.3, -0.25) is 9.78 Å². The van der Waals surface area contributed by atoms with E-state index < -0.39 is 0 Å². The Labute approximate surface area is 138 Å². The maximum Gasteiger partial charge on any atom is 0.275 e. The minimum absolute atomic E-state index is 0.0558. The van der Waals surface area contributed by atoms with E-state index in [9.17, 15) is 4.79 Å². The lowest BCUT2D eigenvalue weighted by Gasteiger charge is -2.29. The highest BCUT2D eigenvalue weighted by atomic mass is 32.1. The summed E-state index contributed by atoms with van der Waals surface area (Å²) in [5.74, 6) is 0.710. The van der Waals surface area contributed by atoms with Crippen molar-refractivity contribution in [3.63, 3.8) is 0 Å². The molecule has 2 aromatic heterocycles. The molecular formula is C16H18N4O2S. The molecule has 0 N–H and O–H groups in total. The van der Waals surface area contributed by atoms with Crippen molar-refractivity contribution >= 4 is 17.4 Å². The van der Waals surface area contributed by atoms with E-state index in [4.69, 9.17) is 4.74 Å². The van der Waals surface area contributed by atoms with Crippen molar-refractivity contribution in [3.8, 4) is 0 Å². The molecule has 0 aromatic carbocycles. The minimum Gasteiger partial charge on any atom is -0.376 e. The van der Waals surface area contributed by atoms with Gasteiger partial charge >= 0.3 is 0 Å². The van der Waals surface area contributed by atoms with E-state index in [1.54, 1.807) is 5.38 Å². The highest BCUT2D eigenvalue weighted by Crippen LogP contribution is 2.29. The van der Waals surface area contributed by atoms with Gasteiger partial charge in [-0.25, -0.2) is 0 Å². The van der Waals surface area contributed by atoms with Crippen LogP contribution in [0.5, 0.6) is 0 Å². The zero-order chi connectivity index (χ0) is 15.6. The second kappa shape index (κ2) is 6.33. The van der Waals surface area contributed by atoms with Gasteiger partial charge in [-0.15, -0.1) is 5.10 Å². The van der Waals surface area contributed by atoms with Crippen molar-refractivity contribution in [2.45, 2.75) is 32.4 Å². The second-order valence-electron chi connectivity index (χ2n) is 6.16. The molecule has 23 heavy (non-hydrogen) atoms. The van der Waals surface area contributed by atoms with Crippen LogP contribution < -0.4 is 0 Å². The predicted molar refractivity (Wildman–Crippen MR) is 85.0 cm³/mol. The summed E-state index contributed by atoms with van der Waals surface area (Å²) in [4.78, 5) is 18.5.